The maximum atomic E-state index is 13.0. The van der Waals surface area contributed by atoms with Crippen LogP contribution in [-0.4, -0.2) is 15.8 Å². The second kappa shape index (κ2) is 6.01. The lowest BCUT2D eigenvalue weighted by molar-refractivity contribution is 0.103. The molecule has 1 aromatic heterocycles. The predicted octanol–water partition coefficient (Wildman–Crippen LogP) is 4.89. The van der Waals surface area contributed by atoms with Crippen molar-refractivity contribution >= 4 is 17.4 Å². The molecule has 0 aliphatic rings. The number of hydrogen-bond acceptors (Lipinski definition) is 2. The number of aryl methyl sites for hydroxylation is 3. The number of hydrogen-bond donors (Lipinski definition) is 1. The van der Waals surface area contributed by atoms with Crippen molar-refractivity contribution in [3.05, 3.63) is 75.6 Å². The van der Waals surface area contributed by atoms with E-state index in [1.165, 1.54) is 0 Å². The molecule has 1 N–H and O–H groups in total. The number of aromatic nitrogens is 2. The average molecular weight is 325 g/mol. The molecule has 0 spiro atoms. The fourth-order valence-electron chi connectivity index (χ4n) is 2.94. The molecule has 0 aliphatic carbocycles. The van der Waals surface area contributed by atoms with Crippen LogP contribution < -0.4 is 0 Å². The summed E-state index contributed by atoms with van der Waals surface area (Å²) in [5.74, 6) is 0.659. The van der Waals surface area contributed by atoms with Crippen molar-refractivity contribution in [3.8, 4) is 11.4 Å². The van der Waals surface area contributed by atoms with E-state index in [1.54, 1.807) is 24.5 Å². The van der Waals surface area contributed by atoms with Gasteiger partial charge in [0, 0.05) is 29.1 Å². The monoisotopic (exact) mass is 324 g/mol. The Morgan fingerprint density at radius 1 is 1.09 bits per heavy atom. The minimum absolute atomic E-state index is 0.0570. The number of aromatic amines is 1. The summed E-state index contributed by atoms with van der Waals surface area (Å²) in [6.45, 7) is 5.94. The van der Waals surface area contributed by atoms with Crippen LogP contribution in [0.15, 0.2) is 42.7 Å². The lowest BCUT2D eigenvalue weighted by Crippen LogP contribution is -2.08. The summed E-state index contributed by atoms with van der Waals surface area (Å²) in [6.07, 6.45) is 3.43. The van der Waals surface area contributed by atoms with E-state index in [0.29, 0.717) is 22.0 Å². The quantitative estimate of drug-likeness (QED) is 0.697. The second-order valence-electron chi connectivity index (χ2n) is 5.74. The lowest BCUT2D eigenvalue weighted by Gasteiger charge is -2.12. The highest BCUT2D eigenvalue weighted by Crippen LogP contribution is 2.27. The summed E-state index contributed by atoms with van der Waals surface area (Å²) in [5.41, 5.74) is 5.13. The van der Waals surface area contributed by atoms with Gasteiger partial charge < -0.3 is 4.98 Å². The van der Waals surface area contributed by atoms with Gasteiger partial charge in [-0.25, -0.2) is 4.98 Å². The maximum absolute atomic E-state index is 13.0. The minimum atomic E-state index is -0.0570. The number of rotatable bonds is 3. The fraction of sp³-hybridized carbons (Fsp3) is 0.158. The normalized spacial score (nSPS) is 10.8. The highest BCUT2D eigenvalue weighted by molar-refractivity contribution is 6.35. The molecule has 0 unspecified atom stereocenters. The van der Waals surface area contributed by atoms with Crippen molar-refractivity contribution in [1.82, 2.24) is 9.97 Å². The number of halogens is 1. The van der Waals surface area contributed by atoms with Crippen molar-refractivity contribution in [2.45, 2.75) is 20.8 Å². The van der Waals surface area contributed by atoms with E-state index in [0.717, 1.165) is 22.3 Å². The van der Waals surface area contributed by atoms with E-state index in [4.69, 9.17) is 11.6 Å². The van der Waals surface area contributed by atoms with Gasteiger partial charge in [-0.1, -0.05) is 29.3 Å². The smallest absolute Gasteiger partial charge is 0.195 e. The van der Waals surface area contributed by atoms with E-state index < -0.39 is 0 Å². The molecule has 0 radical (unpaired) electrons. The number of carbonyl (C=O) groups excluding carboxylic acids is 1. The number of benzene rings is 2. The topological polar surface area (TPSA) is 45.8 Å². The number of nitrogens with one attached hydrogen (secondary N) is 1. The summed E-state index contributed by atoms with van der Waals surface area (Å²) in [7, 11) is 0. The molecular weight excluding hydrogens is 308 g/mol. The van der Waals surface area contributed by atoms with Crippen LogP contribution in [0.25, 0.3) is 11.4 Å². The van der Waals surface area contributed by atoms with Gasteiger partial charge in [-0.15, -0.1) is 0 Å². The first-order chi connectivity index (χ1) is 11.0. The molecule has 1 heterocycles. The Morgan fingerprint density at radius 2 is 1.78 bits per heavy atom. The molecule has 0 atom stereocenters. The van der Waals surface area contributed by atoms with Gasteiger partial charge in [0.1, 0.15) is 5.82 Å². The Hall–Kier alpha value is -2.39. The van der Waals surface area contributed by atoms with Crippen LogP contribution in [-0.2, 0) is 0 Å². The Balaban J connectivity index is 2.12. The zero-order chi connectivity index (χ0) is 16.6. The first-order valence-corrected chi connectivity index (χ1v) is 7.77. The summed E-state index contributed by atoms with van der Waals surface area (Å²) < 4.78 is 0. The third-order valence-corrected chi connectivity index (χ3v) is 4.22. The molecule has 0 saturated heterocycles. The van der Waals surface area contributed by atoms with Gasteiger partial charge in [-0.05, 0) is 50.1 Å². The number of nitrogens with zero attached hydrogens (tertiary/aromatic N) is 1. The van der Waals surface area contributed by atoms with Crippen molar-refractivity contribution in [3.63, 3.8) is 0 Å². The summed E-state index contributed by atoms with van der Waals surface area (Å²) in [6, 6.07) is 9.43. The Bertz CT molecular complexity index is 859. The number of ketones is 1. The molecule has 0 aliphatic heterocycles. The molecule has 3 rings (SSSR count). The van der Waals surface area contributed by atoms with E-state index in [2.05, 4.69) is 9.97 Å². The molecule has 116 valence electrons. The first kappa shape index (κ1) is 15.5. The van der Waals surface area contributed by atoms with Crippen LogP contribution in [0.3, 0.4) is 0 Å². The van der Waals surface area contributed by atoms with Crippen LogP contribution in [0.5, 0.6) is 0 Å². The molecular formula is C19H17ClN2O. The summed E-state index contributed by atoms with van der Waals surface area (Å²) in [4.78, 5) is 20.3. The van der Waals surface area contributed by atoms with Crippen LogP contribution in [0.1, 0.15) is 32.6 Å². The minimum Gasteiger partial charge on any atom is -0.345 e. The van der Waals surface area contributed by atoms with Gasteiger partial charge >= 0.3 is 0 Å². The van der Waals surface area contributed by atoms with E-state index in [1.807, 2.05) is 39.0 Å². The lowest BCUT2D eigenvalue weighted by atomic mass is 9.92. The molecule has 0 bridgehead atoms. The predicted molar refractivity (Wildman–Crippen MR) is 93.1 cm³/mol. The fourth-order valence-corrected chi connectivity index (χ4v) is 3.15. The second-order valence-corrected chi connectivity index (χ2v) is 6.14. The molecule has 3 aromatic rings. The molecule has 4 heteroatoms. The maximum Gasteiger partial charge on any atom is 0.195 e. The van der Waals surface area contributed by atoms with Gasteiger partial charge in [0.2, 0.25) is 0 Å². The number of carbonyl (C=O) groups is 1. The van der Waals surface area contributed by atoms with Crippen molar-refractivity contribution in [2.75, 3.05) is 0 Å². The third kappa shape index (κ3) is 2.92. The van der Waals surface area contributed by atoms with Crippen molar-refractivity contribution in [2.24, 2.45) is 0 Å². The summed E-state index contributed by atoms with van der Waals surface area (Å²) in [5, 5.41) is 0.449. The standard InChI is InChI=1S/C19H17ClN2O/c1-11-8-12(2)17(13(3)9-11)18(23)15-10-14(4-5-16(15)20)19-21-6-7-22-19/h4-10H,1-3H3,(H,21,22). The first-order valence-electron chi connectivity index (χ1n) is 7.39. The summed E-state index contributed by atoms with van der Waals surface area (Å²) >= 11 is 6.29. The zero-order valence-corrected chi connectivity index (χ0v) is 14.0. The van der Waals surface area contributed by atoms with Gasteiger partial charge in [0.25, 0.3) is 0 Å². The van der Waals surface area contributed by atoms with Gasteiger partial charge in [0.15, 0.2) is 5.78 Å². The number of H-pyrrole nitrogens is 1. The third-order valence-electron chi connectivity index (χ3n) is 3.89. The van der Waals surface area contributed by atoms with E-state index in [-0.39, 0.29) is 5.78 Å². The van der Waals surface area contributed by atoms with Crippen LogP contribution in [0.4, 0.5) is 0 Å². The van der Waals surface area contributed by atoms with E-state index >= 15 is 0 Å². The van der Waals surface area contributed by atoms with E-state index in [9.17, 15) is 4.79 Å². The number of imidazole rings is 1. The van der Waals surface area contributed by atoms with Crippen LogP contribution in [0.2, 0.25) is 5.02 Å². The Labute approximate surface area is 140 Å². The van der Waals surface area contributed by atoms with Gasteiger partial charge in [-0.3, -0.25) is 4.79 Å². The molecule has 3 nitrogen and oxygen atoms in total. The van der Waals surface area contributed by atoms with Crippen molar-refractivity contribution in [1.29, 1.82) is 0 Å². The zero-order valence-electron chi connectivity index (χ0n) is 13.3. The molecule has 0 saturated carbocycles. The molecule has 0 fully saturated rings. The van der Waals surface area contributed by atoms with Crippen molar-refractivity contribution < 1.29 is 4.79 Å². The molecule has 2 aromatic carbocycles. The highest BCUT2D eigenvalue weighted by Gasteiger charge is 2.18. The largest absolute Gasteiger partial charge is 0.345 e. The SMILES string of the molecule is Cc1cc(C)c(C(=O)c2cc(-c3ncc[nH]3)ccc2Cl)c(C)c1. The van der Waals surface area contributed by atoms with Crippen LogP contribution >= 0.6 is 11.6 Å². The average Bonchev–Trinajstić information content (AvgIpc) is 3.00. The Morgan fingerprint density at radius 3 is 2.39 bits per heavy atom. The van der Waals surface area contributed by atoms with Gasteiger partial charge in [0.05, 0.1) is 5.02 Å². The highest BCUT2D eigenvalue weighted by atomic mass is 35.5. The Kier molecular flexibility index (Phi) is 4.05. The van der Waals surface area contributed by atoms with Crippen LogP contribution in [0, 0.1) is 20.8 Å². The molecule has 0 amide bonds. The molecule has 23 heavy (non-hydrogen) atoms. The van der Waals surface area contributed by atoms with Gasteiger partial charge in [-0.2, -0.15) is 0 Å².